The Morgan fingerprint density at radius 2 is 1.37 bits per heavy atom. The number of nitrogens with one attached hydrogen (secondary N) is 1. The highest BCUT2D eigenvalue weighted by molar-refractivity contribution is 7.85. The lowest BCUT2D eigenvalue weighted by atomic mass is 9.83. The number of Topliss-reactive ketones (excluding diaryl/α,β-unsaturated/α-hetero) is 1. The second kappa shape index (κ2) is 18.2. The van der Waals surface area contributed by atoms with E-state index in [9.17, 15) is 27.6 Å². The van der Waals surface area contributed by atoms with Crippen molar-refractivity contribution in [1.29, 1.82) is 0 Å². The van der Waals surface area contributed by atoms with E-state index >= 15 is 0 Å². The molecule has 1 saturated carbocycles. The average Bonchev–Trinajstić information content (AvgIpc) is 3.96. The summed E-state index contributed by atoms with van der Waals surface area (Å²) in [6.45, 7) is 5.83. The van der Waals surface area contributed by atoms with E-state index in [4.69, 9.17) is 25.6 Å². The van der Waals surface area contributed by atoms with E-state index in [0.717, 1.165) is 65.0 Å². The second-order valence-corrected chi connectivity index (χ2v) is 15.7. The summed E-state index contributed by atoms with van der Waals surface area (Å²) in [6, 6.07) is 16.3. The number of para-hydroxylation sites is 1. The molecule has 2 aromatic rings. The van der Waals surface area contributed by atoms with Crippen LogP contribution in [0, 0.1) is 11.8 Å². The molecule has 0 atom stereocenters. The van der Waals surface area contributed by atoms with Gasteiger partial charge in [-0.15, -0.1) is 0 Å². The lowest BCUT2D eigenvalue weighted by Gasteiger charge is -2.29. The van der Waals surface area contributed by atoms with Crippen molar-refractivity contribution < 1.29 is 47.1 Å². The Bertz CT molecular complexity index is 1840. The summed E-state index contributed by atoms with van der Waals surface area (Å²) in [4.78, 5) is 56.7. The largest absolute Gasteiger partial charge is 0.449 e. The second-order valence-electron chi connectivity index (χ2n) is 13.6. The van der Waals surface area contributed by atoms with Crippen LogP contribution in [0.4, 0.5) is 16.2 Å². The Hall–Kier alpha value is -4.48. The highest BCUT2D eigenvalue weighted by Gasteiger charge is 2.43. The topological polar surface area (TPSA) is 197 Å². The van der Waals surface area contributed by atoms with Gasteiger partial charge in [0.2, 0.25) is 17.5 Å². The van der Waals surface area contributed by atoms with Crippen LogP contribution in [0.5, 0.6) is 0 Å². The smallest absolute Gasteiger partial charge is 0.418 e. The first kappa shape index (κ1) is 40.7. The van der Waals surface area contributed by atoms with Crippen LogP contribution in [0.15, 0.2) is 77.8 Å². The molecule has 3 heterocycles. The van der Waals surface area contributed by atoms with Crippen molar-refractivity contribution in [1.82, 2.24) is 20.0 Å². The van der Waals surface area contributed by atoms with Gasteiger partial charge in [0.05, 0.1) is 36.0 Å². The van der Waals surface area contributed by atoms with Gasteiger partial charge >= 0.3 is 6.09 Å². The van der Waals surface area contributed by atoms with Gasteiger partial charge in [0, 0.05) is 56.9 Å². The number of benzene rings is 2. The van der Waals surface area contributed by atoms with Crippen LogP contribution < -0.4 is 10.2 Å². The molecule has 0 bridgehead atoms. The van der Waals surface area contributed by atoms with Crippen molar-refractivity contribution >= 4 is 56.7 Å². The average molecular weight is 788 g/mol. The number of ketones is 2. The highest BCUT2D eigenvalue weighted by atomic mass is 35.5. The summed E-state index contributed by atoms with van der Waals surface area (Å²) >= 11 is 6.01. The molecular weight excluding hydrogens is 742 g/mol. The van der Waals surface area contributed by atoms with E-state index < -0.39 is 27.9 Å². The van der Waals surface area contributed by atoms with E-state index in [0.29, 0.717) is 52.6 Å². The number of allylic oxidation sites excluding steroid dienone is 1. The van der Waals surface area contributed by atoms with E-state index in [1.165, 1.54) is 11.0 Å². The zero-order valence-corrected chi connectivity index (χ0v) is 31.4. The third kappa shape index (κ3) is 11.5. The molecule has 2 aromatic carbocycles. The molecule has 7 rings (SSSR count). The molecule has 2 amide bonds. The first-order valence-electron chi connectivity index (χ1n) is 17.8. The Labute approximate surface area is 319 Å². The predicted molar refractivity (Wildman–Crippen MR) is 201 cm³/mol. The van der Waals surface area contributed by atoms with Gasteiger partial charge in [0.1, 0.15) is 18.0 Å². The Morgan fingerprint density at radius 1 is 0.815 bits per heavy atom. The maximum atomic E-state index is 13.0. The zero-order valence-electron chi connectivity index (χ0n) is 29.8. The number of hydrogen-bond acceptors (Lipinski definition) is 11. The van der Waals surface area contributed by atoms with E-state index in [-0.39, 0.29) is 36.1 Å². The number of anilines is 2. The van der Waals surface area contributed by atoms with E-state index in [1.54, 1.807) is 24.3 Å². The van der Waals surface area contributed by atoms with Crippen LogP contribution in [0.25, 0.3) is 0 Å². The SMILES string of the molecule is O.O=C(COCC1CCC(COC(=O)N(c2ccccc2)c2ccc(Cl)cc2)CC1)NCCS(=O)(=O)O.O=C1C=C(N2CC2)C(=O)C(N2CC2)=C1N1CC1. The number of carbonyl (C=O) groups is 4. The van der Waals surface area contributed by atoms with Crippen LogP contribution >= 0.6 is 11.6 Å². The van der Waals surface area contributed by atoms with Crippen molar-refractivity contribution in [2.75, 3.05) is 76.3 Å². The summed E-state index contributed by atoms with van der Waals surface area (Å²) in [5, 5.41) is 2.97. The monoisotopic (exact) mass is 787 g/mol. The molecule has 0 unspecified atom stereocenters. The minimum atomic E-state index is -4.10. The maximum absolute atomic E-state index is 13.0. The van der Waals surface area contributed by atoms with Gasteiger partial charge in [-0.25, -0.2) is 9.69 Å². The number of rotatable bonds is 14. The third-order valence-electron chi connectivity index (χ3n) is 9.45. The highest BCUT2D eigenvalue weighted by Crippen LogP contribution is 2.34. The van der Waals surface area contributed by atoms with Crippen LogP contribution in [0.3, 0.4) is 0 Å². The molecule has 4 N–H and O–H groups in total. The maximum Gasteiger partial charge on any atom is 0.418 e. The number of amides is 2. The first-order valence-corrected chi connectivity index (χ1v) is 19.8. The Balaban J connectivity index is 0.000000256. The van der Waals surface area contributed by atoms with Crippen molar-refractivity contribution in [3.05, 3.63) is 82.8 Å². The number of halogens is 1. The van der Waals surface area contributed by atoms with Gasteiger partial charge in [-0.3, -0.25) is 18.9 Å². The molecule has 4 fully saturated rings. The molecule has 3 saturated heterocycles. The predicted octanol–water partition coefficient (Wildman–Crippen LogP) is 2.80. The van der Waals surface area contributed by atoms with Gasteiger partial charge in [0.15, 0.2) is 0 Å². The van der Waals surface area contributed by atoms with E-state index in [2.05, 4.69) is 5.32 Å². The van der Waals surface area contributed by atoms with Gasteiger partial charge in [-0.2, -0.15) is 8.42 Å². The molecule has 2 aliphatic carbocycles. The summed E-state index contributed by atoms with van der Waals surface area (Å²) in [7, 11) is -4.10. The third-order valence-corrected chi connectivity index (χ3v) is 10.4. The Morgan fingerprint density at radius 3 is 1.94 bits per heavy atom. The molecule has 0 spiro atoms. The van der Waals surface area contributed by atoms with Gasteiger partial charge in [0.25, 0.3) is 10.1 Å². The molecule has 0 aromatic heterocycles. The van der Waals surface area contributed by atoms with E-state index in [1.807, 2.05) is 45.0 Å². The molecule has 15 nitrogen and oxygen atoms in total. The van der Waals surface area contributed by atoms with Crippen LogP contribution in [-0.4, -0.2) is 128 Å². The van der Waals surface area contributed by atoms with Gasteiger partial charge in [-0.1, -0.05) is 29.8 Å². The standard InChI is InChI=1S/C25H31ClN2O7S.C12H13N3O2.H2O/c26-21-10-12-23(13-11-21)28(22-4-2-1-3-5-22)25(30)35-17-20-8-6-19(7-9-20)16-34-18-24(29)27-14-15-36(31,32)33;16-9-7-8(13-1-2-13)12(17)11(15-5-6-15)10(9)14-3-4-14;/h1-5,10-13,19-20H,6-9,14-18H2,(H,27,29)(H,31,32,33);7H,1-6H2;1H2. The summed E-state index contributed by atoms with van der Waals surface area (Å²) in [5.74, 6) is -0.361. The fourth-order valence-electron chi connectivity index (χ4n) is 6.31. The van der Waals surface area contributed by atoms with Gasteiger partial charge in [-0.05, 0) is 73.9 Å². The normalized spacial score (nSPS) is 20.3. The van der Waals surface area contributed by atoms with Crippen molar-refractivity contribution in [3.8, 4) is 0 Å². The molecular formula is C37H46ClN5O10S. The van der Waals surface area contributed by atoms with Crippen LogP contribution in [0.1, 0.15) is 25.7 Å². The van der Waals surface area contributed by atoms with Crippen molar-refractivity contribution in [2.45, 2.75) is 25.7 Å². The molecule has 0 radical (unpaired) electrons. The Kier molecular flexibility index (Phi) is 13.7. The van der Waals surface area contributed by atoms with Crippen molar-refractivity contribution in [3.63, 3.8) is 0 Å². The fourth-order valence-corrected chi connectivity index (χ4v) is 6.80. The molecule has 17 heteroatoms. The summed E-state index contributed by atoms with van der Waals surface area (Å²) < 4.78 is 41.1. The number of hydrogen-bond donors (Lipinski definition) is 2. The number of nitrogens with zero attached hydrogens (tertiary/aromatic N) is 4. The van der Waals surface area contributed by atoms with Gasteiger partial charge < -0.3 is 35.0 Å². The number of carbonyl (C=O) groups excluding carboxylic acids is 4. The lowest BCUT2D eigenvalue weighted by Crippen LogP contribution is -2.33. The summed E-state index contributed by atoms with van der Waals surface area (Å²) in [6.07, 6.45) is 4.63. The minimum Gasteiger partial charge on any atom is -0.449 e. The fraction of sp³-hybridized carbons (Fsp3) is 0.459. The minimum absolute atomic E-state index is 0. The van der Waals surface area contributed by atoms with Crippen molar-refractivity contribution in [2.24, 2.45) is 11.8 Å². The molecule has 292 valence electrons. The molecule has 54 heavy (non-hydrogen) atoms. The van der Waals surface area contributed by atoms with Crippen LogP contribution in [0.2, 0.25) is 5.02 Å². The quantitative estimate of drug-likeness (QED) is 0.162. The summed E-state index contributed by atoms with van der Waals surface area (Å²) in [5.41, 5.74) is 3.25. The lowest BCUT2D eigenvalue weighted by molar-refractivity contribution is -0.126. The molecule has 3 aliphatic heterocycles. The first-order chi connectivity index (χ1) is 25.5. The molecule has 5 aliphatic rings. The number of ether oxygens (including phenoxy) is 2. The zero-order chi connectivity index (χ0) is 37.5. The van der Waals surface area contributed by atoms with Crippen LogP contribution in [-0.2, 0) is 34.0 Å².